The third-order valence-corrected chi connectivity index (χ3v) is 4.19. The number of ether oxygens (including phenoxy) is 1. The first-order chi connectivity index (χ1) is 11.4. The summed E-state index contributed by atoms with van der Waals surface area (Å²) < 4.78 is 7.92. The van der Waals surface area contributed by atoms with E-state index in [-0.39, 0.29) is 24.0 Å². The summed E-state index contributed by atoms with van der Waals surface area (Å²) in [6, 6.07) is 1.95. The van der Waals surface area contributed by atoms with Gasteiger partial charge in [-0.1, -0.05) is 25.7 Å². The van der Waals surface area contributed by atoms with Crippen molar-refractivity contribution in [2.24, 2.45) is 4.99 Å². The first kappa shape index (κ1) is 21.2. The molecule has 0 atom stereocenters. The van der Waals surface area contributed by atoms with E-state index in [2.05, 4.69) is 20.7 Å². The number of guanidine groups is 1. The number of hydrogen-bond donors (Lipinski definition) is 2. The van der Waals surface area contributed by atoms with Crippen LogP contribution in [0.25, 0.3) is 0 Å². The first-order valence-corrected chi connectivity index (χ1v) is 8.92. The molecule has 0 aromatic carbocycles. The lowest BCUT2D eigenvalue weighted by Crippen LogP contribution is -2.39. The lowest BCUT2D eigenvalue weighted by Gasteiger charge is -2.16. The summed E-state index contributed by atoms with van der Waals surface area (Å²) in [6.45, 7) is 3.35. The van der Waals surface area contributed by atoms with Gasteiger partial charge in [-0.2, -0.15) is 5.10 Å². The third kappa shape index (κ3) is 8.86. The lowest BCUT2D eigenvalue weighted by molar-refractivity contribution is 0.0468. The second-order valence-electron chi connectivity index (χ2n) is 6.03. The molecule has 7 heteroatoms. The van der Waals surface area contributed by atoms with Gasteiger partial charge in [0.1, 0.15) is 0 Å². The van der Waals surface area contributed by atoms with Gasteiger partial charge in [0.25, 0.3) is 0 Å². The zero-order chi connectivity index (χ0) is 16.2. The SMILES string of the molecule is CN=C(NCCCn1cccn1)NCCOC1CCCCCC1.I. The molecule has 0 saturated heterocycles. The van der Waals surface area contributed by atoms with E-state index in [0.717, 1.165) is 38.6 Å². The summed E-state index contributed by atoms with van der Waals surface area (Å²) in [5.74, 6) is 0.843. The quantitative estimate of drug-likeness (QED) is 0.211. The van der Waals surface area contributed by atoms with Crippen LogP contribution in [-0.4, -0.2) is 48.6 Å². The molecule has 24 heavy (non-hydrogen) atoms. The maximum absolute atomic E-state index is 5.98. The van der Waals surface area contributed by atoms with E-state index in [1.165, 1.54) is 38.5 Å². The van der Waals surface area contributed by atoms with Gasteiger partial charge in [-0.3, -0.25) is 9.67 Å². The highest BCUT2D eigenvalue weighted by Crippen LogP contribution is 2.19. The molecule has 1 aromatic heterocycles. The number of aromatic nitrogens is 2. The molecule has 0 radical (unpaired) electrons. The van der Waals surface area contributed by atoms with Crippen molar-refractivity contribution >= 4 is 29.9 Å². The molecular formula is C17H32IN5O. The molecule has 0 bridgehead atoms. The van der Waals surface area contributed by atoms with Gasteiger partial charge in [0.15, 0.2) is 5.96 Å². The Bertz CT molecular complexity index is 430. The fourth-order valence-corrected chi connectivity index (χ4v) is 2.90. The van der Waals surface area contributed by atoms with Gasteiger partial charge < -0.3 is 15.4 Å². The minimum atomic E-state index is 0. The van der Waals surface area contributed by atoms with Crippen LogP contribution in [-0.2, 0) is 11.3 Å². The molecule has 0 spiro atoms. The van der Waals surface area contributed by atoms with Crippen molar-refractivity contribution < 1.29 is 4.74 Å². The Morgan fingerprint density at radius 1 is 1.21 bits per heavy atom. The Kier molecular flexibility index (Phi) is 11.9. The molecule has 0 unspecified atom stereocenters. The zero-order valence-electron chi connectivity index (χ0n) is 14.7. The van der Waals surface area contributed by atoms with Crippen molar-refractivity contribution in [3.63, 3.8) is 0 Å². The molecule has 138 valence electrons. The number of halogens is 1. The number of hydrogen-bond acceptors (Lipinski definition) is 3. The van der Waals surface area contributed by atoms with Crippen LogP contribution in [0, 0.1) is 0 Å². The van der Waals surface area contributed by atoms with Crippen LogP contribution in [0.15, 0.2) is 23.5 Å². The molecule has 1 aromatic rings. The monoisotopic (exact) mass is 449 g/mol. The fraction of sp³-hybridized carbons (Fsp3) is 0.765. The van der Waals surface area contributed by atoms with Crippen molar-refractivity contribution in [2.45, 2.75) is 57.6 Å². The highest BCUT2D eigenvalue weighted by molar-refractivity contribution is 14.0. The molecule has 0 amide bonds. The molecule has 1 saturated carbocycles. The smallest absolute Gasteiger partial charge is 0.191 e. The standard InChI is InChI=1S/C17H31N5O.HI/c1-18-17(19-10-6-13-22-14-7-11-21-22)20-12-15-23-16-8-4-2-3-5-9-16;/h7,11,14,16H,2-6,8-10,12-13,15H2,1H3,(H2,18,19,20);1H. The molecule has 1 heterocycles. The third-order valence-electron chi connectivity index (χ3n) is 4.19. The number of aryl methyl sites for hydroxylation is 1. The topological polar surface area (TPSA) is 63.5 Å². The fourth-order valence-electron chi connectivity index (χ4n) is 2.90. The largest absolute Gasteiger partial charge is 0.376 e. The Labute approximate surface area is 162 Å². The molecule has 1 fully saturated rings. The highest BCUT2D eigenvalue weighted by atomic mass is 127. The Morgan fingerprint density at radius 3 is 2.62 bits per heavy atom. The van der Waals surface area contributed by atoms with Crippen LogP contribution in [0.5, 0.6) is 0 Å². The van der Waals surface area contributed by atoms with Crippen LogP contribution in [0.1, 0.15) is 44.9 Å². The minimum Gasteiger partial charge on any atom is -0.376 e. The van der Waals surface area contributed by atoms with Gasteiger partial charge >= 0.3 is 0 Å². The zero-order valence-corrected chi connectivity index (χ0v) is 17.1. The highest BCUT2D eigenvalue weighted by Gasteiger charge is 2.11. The van der Waals surface area contributed by atoms with E-state index in [1.54, 1.807) is 7.05 Å². The summed E-state index contributed by atoms with van der Waals surface area (Å²) >= 11 is 0. The van der Waals surface area contributed by atoms with E-state index in [9.17, 15) is 0 Å². The first-order valence-electron chi connectivity index (χ1n) is 8.92. The van der Waals surface area contributed by atoms with Crippen LogP contribution in [0.2, 0.25) is 0 Å². The van der Waals surface area contributed by atoms with Gasteiger partial charge in [-0.25, -0.2) is 0 Å². The Balaban J connectivity index is 0.00000288. The van der Waals surface area contributed by atoms with Gasteiger partial charge in [0.2, 0.25) is 0 Å². The molecule has 0 aliphatic heterocycles. The van der Waals surface area contributed by atoms with Crippen LogP contribution >= 0.6 is 24.0 Å². The Hall–Kier alpha value is -0.830. The van der Waals surface area contributed by atoms with E-state index in [0.29, 0.717) is 6.10 Å². The van der Waals surface area contributed by atoms with Crippen LogP contribution in [0.4, 0.5) is 0 Å². The summed E-state index contributed by atoms with van der Waals surface area (Å²) in [5, 5.41) is 10.8. The number of nitrogens with zero attached hydrogens (tertiary/aromatic N) is 3. The van der Waals surface area contributed by atoms with E-state index < -0.39 is 0 Å². The average Bonchev–Trinajstić information content (AvgIpc) is 2.95. The average molecular weight is 449 g/mol. The second-order valence-corrected chi connectivity index (χ2v) is 6.03. The van der Waals surface area contributed by atoms with Crippen molar-refractivity contribution in [2.75, 3.05) is 26.7 Å². The van der Waals surface area contributed by atoms with Crippen LogP contribution < -0.4 is 10.6 Å². The van der Waals surface area contributed by atoms with Crippen molar-refractivity contribution in [3.05, 3.63) is 18.5 Å². The maximum Gasteiger partial charge on any atom is 0.191 e. The normalized spacial score (nSPS) is 16.3. The number of aliphatic imine (C=N–C) groups is 1. The molecule has 6 nitrogen and oxygen atoms in total. The number of nitrogens with one attached hydrogen (secondary N) is 2. The summed E-state index contributed by atoms with van der Waals surface area (Å²) in [6.07, 6.45) is 13.1. The summed E-state index contributed by atoms with van der Waals surface area (Å²) in [7, 11) is 1.80. The van der Waals surface area contributed by atoms with E-state index in [4.69, 9.17) is 4.74 Å². The minimum absolute atomic E-state index is 0. The maximum atomic E-state index is 5.98. The lowest BCUT2D eigenvalue weighted by atomic mass is 10.1. The molecule has 1 aliphatic carbocycles. The van der Waals surface area contributed by atoms with Gasteiger partial charge in [-0.05, 0) is 25.3 Å². The Morgan fingerprint density at radius 2 is 1.96 bits per heavy atom. The van der Waals surface area contributed by atoms with Gasteiger partial charge in [-0.15, -0.1) is 24.0 Å². The van der Waals surface area contributed by atoms with Crippen molar-refractivity contribution in [1.29, 1.82) is 0 Å². The predicted octanol–water partition coefficient (Wildman–Crippen LogP) is 2.80. The summed E-state index contributed by atoms with van der Waals surface area (Å²) in [5.41, 5.74) is 0. The second kappa shape index (κ2) is 13.5. The van der Waals surface area contributed by atoms with Crippen LogP contribution in [0.3, 0.4) is 0 Å². The predicted molar refractivity (Wildman–Crippen MR) is 109 cm³/mol. The molecular weight excluding hydrogens is 417 g/mol. The summed E-state index contributed by atoms with van der Waals surface area (Å²) in [4.78, 5) is 4.24. The van der Waals surface area contributed by atoms with Crippen molar-refractivity contribution in [3.8, 4) is 0 Å². The number of rotatable bonds is 8. The van der Waals surface area contributed by atoms with E-state index >= 15 is 0 Å². The van der Waals surface area contributed by atoms with Gasteiger partial charge in [0.05, 0.1) is 12.7 Å². The molecule has 1 aliphatic rings. The van der Waals surface area contributed by atoms with E-state index in [1.807, 2.05) is 23.1 Å². The van der Waals surface area contributed by atoms with Gasteiger partial charge in [0, 0.05) is 39.1 Å². The van der Waals surface area contributed by atoms with Crippen molar-refractivity contribution in [1.82, 2.24) is 20.4 Å². The molecule has 2 N–H and O–H groups in total. The molecule has 2 rings (SSSR count).